The molecule has 1 unspecified atom stereocenters. The summed E-state index contributed by atoms with van der Waals surface area (Å²) in [7, 11) is 0. The zero-order valence-electron chi connectivity index (χ0n) is 15.4. The predicted molar refractivity (Wildman–Crippen MR) is 111 cm³/mol. The molecule has 1 aliphatic heterocycles. The average molecular weight is 399 g/mol. The SMILES string of the molecule is CC(C)c1nccn1Cc1cccc(NC(=O)C(C)C2CNC2)c1.Cl.Cl. The number of hydrogen-bond donors (Lipinski definition) is 2. The summed E-state index contributed by atoms with van der Waals surface area (Å²) in [5.41, 5.74) is 2.02. The van der Waals surface area contributed by atoms with Crippen LogP contribution in [0.2, 0.25) is 0 Å². The largest absolute Gasteiger partial charge is 0.330 e. The molecule has 2 aromatic rings. The van der Waals surface area contributed by atoms with Crippen LogP contribution in [0.25, 0.3) is 0 Å². The molecule has 144 valence electrons. The van der Waals surface area contributed by atoms with E-state index < -0.39 is 0 Å². The molecule has 1 aromatic carbocycles. The summed E-state index contributed by atoms with van der Waals surface area (Å²) in [6, 6.07) is 8.07. The fourth-order valence-corrected chi connectivity index (χ4v) is 3.03. The number of aromatic nitrogens is 2. The Morgan fingerprint density at radius 3 is 2.65 bits per heavy atom. The predicted octanol–water partition coefficient (Wildman–Crippen LogP) is 3.69. The van der Waals surface area contributed by atoms with Crippen LogP contribution in [-0.2, 0) is 11.3 Å². The van der Waals surface area contributed by atoms with Crippen molar-refractivity contribution in [1.82, 2.24) is 14.9 Å². The molecular weight excluding hydrogens is 371 g/mol. The van der Waals surface area contributed by atoms with Crippen LogP contribution < -0.4 is 10.6 Å². The minimum atomic E-state index is 0. The van der Waals surface area contributed by atoms with Crippen molar-refractivity contribution in [1.29, 1.82) is 0 Å². The lowest BCUT2D eigenvalue weighted by molar-refractivity contribution is -0.121. The molecule has 0 aliphatic carbocycles. The maximum Gasteiger partial charge on any atom is 0.227 e. The first-order chi connectivity index (χ1) is 11.5. The molecule has 7 heteroatoms. The summed E-state index contributed by atoms with van der Waals surface area (Å²) < 4.78 is 2.16. The van der Waals surface area contributed by atoms with Gasteiger partial charge in [0.2, 0.25) is 5.91 Å². The van der Waals surface area contributed by atoms with Crippen LogP contribution in [0.1, 0.15) is 38.1 Å². The van der Waals surface area contributed by atoms with Gasteiger partial charge in [-0.15, -0.1) is 24.8 Å². The Labute approximate surface area is 167 Å². The number of anilines is 1. The monoisotopic (exact) mass is 398 g/mol. The lowest BCUT2D eigenvalue weighted by Gasteiger charge is -2.31. The Morgan fingerprint density at radius 2 is 2.04 bits per heavy atom. The van der Waals surface area contributed by atoms with Crippen molar-refractivity contribution >= 4 is 36.4 Å². The first-order valence-electron chi connectivity index (χ1n) is 8.66. The van der Waals surface area contributed by atoms with E-state index in [2.05, 4.69) is 40.1 Å². The smallest absolute Gasteiger partial charge is 0.227 e. The van der Waals surface area contributed by atoms with E-state index >= 15 is 0 Å². The van der Waals surface area contributed by atoms with Crippen molar-refractivity contribution in [3.05, 3.63) is 48.0 Å². The van der Waals surface area contributed by atoms with E-state index in [1.54, 1.807) is 0 Å². The lowest BCUT2D eigenvalue weighted by Crippen LogP contribution is -2.48. The van der Waals surface area contributed by atoms with Gasteiger partial charge in [0, 0.05) is 36.5 Å². The van der Waals surface area contributed by atoms with Crippen LogP contribution in [0.15, 0.2) is 36.7 Å². The summed E-state index contributed by atoms with van der Waals surface area (Å²) in [5, 5.41) is 6.28. The van der Waals surface area contributed by atoms with Crippen molar-refractivity contribution in [2.45, 2.75) is 33.2 Å². The number of imidazole rings is 1. The number of carbonyl (C=O) groups excluding carboxylic acids is 1. The highest BCUT2D eigenvalue weighted by atomic mass is 35.5. The summed E-state index contributed by atoms with van der Waals surface area (Å²) in [5.74, 6) is 2.06. The van der Waals surface area contributed by atoms with E-state index in [9.17, 15) is 4.79 Å². The molecule has 2 heterocycles. The van der Waals surface area contributed by atoms with Gasteiger partial charge in [-0.1, -0.05) is 32.9 Å². The van der Waals surface area contributed by atoms with Gasteiger partial charge in [0.05, 0.1) is 0 Å². The van der Waals surface area contributed by atoms with E-state index in [1.807, 2.05) is 37.5 Å². The first kappa shape index (κ1) is 22.5. The Morgan fingerprint density at radius 1 is 1.31 bits per heavy atom. The number of nitrogens with one attached hydrogen (secondary N) is 2. The van der Waals surface area contributed by atoms with Crippen LogP contribution in [0, 0.1) is 11.8 Å². The van der Waals surface area contributed by atoms with Gasteiger partial charge in [0.1, 0.15) is 5.82 Å². The number of carbonyl (C=O) groups is 1. The summed E-state index contributed by atoms with van der Waals surface area (Å²) in [6.07, 6.45) is 3.85. The highest BCUT2D eigenvalue weighted by Crippen LogP contribution is 2.20. The molecule has 1 atom stereocenters. The molecule has 1 aliphatic rings. The van der Waals surface area contributed by atoms with Crippen LogP contribution in [-0.4, -0.2) is 28.5 Å². The second-order valence-corrected chi connectivity index (χ2v) is 6.96. The minimum absolute atomic E-state index is 0. The zero-order chi connectivity index (χ0) is 17.1. The molecular formula is C19H28Cl2N4O. The van der Waals surface area contributed by atoms with E-state index in [0.29, 0.717) is 11.8 Å². The van der Waals surface area contributed by atoms with Crippen molar-refractivity contribution in [3.8, 4) is 0 Å². The maximum atomic E-state index is 12.4. The molecule has 1 fully saturated rings. The molecule has 0 spiro atoms. The van der Waals surface area contributed by atoms with Gasteiger partial charge in [-0.25, -0.2) is 4.98 Å². The van der Waals surface area contributed by atoms with Gasteiger partial charge in [-0.2, -0.15) is 0 Å². The standard InChI is InChI=1S/C19H26N4O.2ClH/c1-13(2)18-21-7-8-23(18)12-15-5-4-6-17(9-15)22-19(24)14(3)16-10-20-11-16;;/h4-9,13-14,16,20H,10-12H2,1-3H3,(H,22,24);2*1H. The van der Waals surface area contributed by atoms with Gasteiger partial charge < -0.3 is 15.2 Å². The maximum absolute atomic E-state index is 12.4. The van der Waals surface area contributed by atoms with E-state index in [0.717, 1.165) is 36.7 Å². The topological polar surface area (TPSA) is 59.0 Å². The van der Waals surface area contributed by atoms with E-state index in [4.69, 9.17) is 0 Å². The summed E-state index contributed by atoms with van der Waals surface area (Å²) in [4.78, 5) is 16.8. The molecule has 5 nitrogen and oxygen atoms in total. The fraction of sp³-hybridized carbons (Fsp3) is 0.474. The van der Waals surface area contributed by atoms with Gasteiger partial charge in [-0.05, 0) is 36.7 Å². The Hall–Kier alpha value is -1.56. The van der Waals surface area contributed by atoms with Crippen LogP contribution in [0.4, 0.5) is 5.69 Å². The Balaban J connectivity index is 0.00000169. The highest BCUT2D eigenvalue weighted by molar-refractivity contribution is 5.92. The van der Waals surface area contributed by atoms with Gasteiger partial charge >= 0.3 is 0 Å². The van der Waals surface area contributed by atoms with Crippen LogP contribution in [0.3, 0.4) is 0 Å². The van der Waals surface area contributed by atoms with E-state index in [1.165, 1.54) is 0 Å². The minimum Gasteiger partial charge on any atom is -0.330 e. The highest BCUT2D eigenvalue weighted by Gasteiger charge is 2.28. The zero-order valence-corrected chi connectivity index (χ0v) is 17.1. The Bertz CT molecular complexity index is 713. The number of halogens is 2. The molecule has 3 rings (SSSR count). The number of nitrogens with zero attached hydrogens (tertiary/aromatic N) is 2. The second kappa shape index (κ2) is 9.95. The van der Waals surface area contributed by atoms with Gasteiger partial charge in [0.15, 0.2) is 0 Å². The number of rotatable bonds is 6. The van der Waals surface area contributed by atoms with Crippen molar-refractivity contribution < 1.29 is 4.79 Å². The normalized spacial score (nSPS) is 14.8. The van der Waals surface area contributed by atoms with Crippen molar-refractivity contribution in [2.24, 2.45) is 11.8 Å². The fourth-order valence-electron chi connectivity index (χ4n) is 3.03. The van der Waals surface area contributed by atoms with Gasteiger partial charge in [-0.3, -0.25) is 4.79 Å². The molecule has 1 amide bonds. The number of benzene rings is 1. The molecule has 1 saturated heterocycles. The summed E-state index contributed by atoms with van der Waals surface area (Å²) >= 11 is 0. The third-order valence-corrected chi connectivity index (χ3v) is 4.75. The third kappa shape index (κ3) is 5.22. The quantitative estimate of drug-likeness (QED) is 0.779. The molecule has 1 aromatic heterocycles. The molecule has 0 bridgehead atoms. The Kier molecular flexibility index (Phi) is 8.60. The number of hydrogen-bond acceptors (Lipinski definition) is 3. The van der Waals surface area contributed by atoms with Crippen molar-refractivity contribution in [3.63, 3.8) is 0 Å². The third-order valence-electron chi connectivity index (χ3n) is 4.75. The van der Waals surface area contributed by atoms with Crippen LogP contribution >= 0.6 is 24.8 Å². The number of amides is 1. The van der Waals surface area contributed by atoms with E-state index in [-0.39, 0.29) is 36.6 Å². The molecule has 0 saturated carbocycles. The first-order valence-corrected chi connectivity index (χ1v) is 8.66. The average Bonchev–Trinajstić information content (AvgIpc) is 2.94. The van der Waals surface area contributed by atoms with Gasteiger partial charge in [0.25, 0.3) is 0 Å². The summed E-state index contributed by atoms with van der Waals surface area (Å²) in [6.45, 7) is 8.93. The van der Waals surface area contributed by atoms with Crippen molar-refractivity contribution in [2.75, 3.05) is 18.4 Å². The lowest BCUT2D eigenvalue weighted by atomic mass is 9.88. The molecule has 0 radical (unpaired) electrons. The molecule has 26 heavy (non-hydrogen) atoms. The second-order valence-electron chi connectivity index (χ2n) is 6.96. The molecule has 2 N–H and O–H groups in total. The van der Waals surface area contributed by atoms with Crippen LogP contribution in [0.5, 0.6) is 0 Å².